The van der Waals surface area contributed by atoms with Gasteiger partial charge in [0, 0.05) is 30.3 Å². The molecule has 2 aromatic rings. The van der Waals surface area contributed by atoms with Crippen LogP contribution in [-0.2, 0) is 11.8 Å². The Bertz CT molecular complexity index is 623. The lowest BCUT2D eigenvalue weighted by atomic mass is 10.1. The third-order valence-corrected chi connectivity index (χ3v) is 3.60. The number of nitrogens with one attached hydrogen (secondary N) is 1. The summed E-state index contributed by atoms with van der Waals surface area (Å²) in [5, 5.41) is 7.69. The maximum atomic E-state index is 12.1. The molecule has 1 fully saturated rings. The summed E-state index contributed by atoms with van der Waals surface area (Å²) in [6.45, 7) is 0. The van der Waals surface area contributed by atoms with Crippen LogP contribution in [0.3, 0.4) is 0 Å². The minimum Gasteiger partial charge on any atom is -0.309 e. The minimum atomic E-state index is 0.0282. The lowest BCUT2D eigenvalue weighted by Gasteiger charge is -2.02. The van der Waals surface area contributed by atoms with Gasteiger partial charge in [-0.15, -0.1) is 0 Å². The van der Waals surface area contributed by atoms with Crippen molar-refractivity contribution in [3.8, 4) is 0 Å². The molecule has 1 heterocycles. The van der Waals surface area contributed by atoms with E-state index in [-0.39, 0.29) is 17.7 Å². The summed E-state index contributed by atoms with van der Waals surface area (Å²) in [5.41, 5.74) is 1.13. The Morgan fingerprint density at radius 1 is 1.47 bits per heavy atom. The lowest BCUT2D eigenvalue weighted by molar-refractivity contribution is -0.117. The standard InChI is InChI=1S/C14H14ClN3O/c1-18-6-5-13(17-18)16-14(19)12-8-11(12)9-3-2-4-10(15)7-9/h2-7,11-12H,8H2,1H3,(H,16,17,19)/t11-,12+/m1/s1. The Balaban J connectivity index is 1.64. The predicted octanol–water partition coefficient (Wildman–Crippen LogP) is 2.82. The number of hydrogen-bond acceptors (Lipinski definition) is 2. The summed E-state index contributed by atoms with van der Waals surface area (Å²) in [4.78, 5) is 12.1. The van der Waals surface area contributed by atoms with Crippen LogP contribution >= 0.6 is 11.6 Å². The number of carbonyl (C=O) groups excluding carboxylic acids is 1. The second-order valence-corrected chi connectivity index (χ2v) is 5.30. The normalized spacial score (nSPS) is 21.2. The Hall–Kier alpha value is -1.81. The maximum absolute atomic E-state index is 12.1. The molecular formula is C14H14ClN3O. The molecule has 1 amide bonds. The first kappa shape index (κ1) is 12.2. The second-order valence-electron chi connectivity index (χ2n) is 4.87. The fourth-order valence-electron chi connectivity index (χ4n) is 2.29. The van der Waals surface area contributed by atoms with E-state index in [0.717, 1.165) is 12.0 Å². The molecule has 4 nitrogen and oxygen atoms in total. The Morgan fingerprint density at radius 2 is 2.32 bits per heavy atom. The average Bonchev–Trinajstić information content (AvgIpc) is 3.08. The van der Waals surface area contributed by atoms with E-state index < -0.39 is 0 Å². The monoisotopic (exact) mass is 275 g/mol. The van der Waals surface area contributed by atoms with Crippen LogP contribution in [0.4, 0.5) is 5.82 Å². The SMILES string of the molecule is Cn1ccc(NC(=O)[C@H]2C[C@@H]2c2cccc(Cl)c2)n1. The number of anilines is 1. The second kappa shape index (κ2) is 4.70. The van der Waals surface area contributed by atoms with E-state index >= 15 is 0 Å². The average molecular weight is 276 g/mol. The molecule has 3 rings (SSSR count). The zero-order valence-electron chi connectivity index (χ0n) is 10.5. The highest BCUT2D eigenvalue weighted by molar-refractivity contribution is 6.30. The third kappa shape index (κ3) is 2.63. The largest absolute Gasteiger partial charge is 0.309 e. The number of amides is 1. The van der Waals surface area contributed by atoms with Crippen molar-refractivity contribution >= 4 is 23.3 Å². The summed E-state index contributed by atoms with van der Waals surface area (Å²) in [6, 6.07) is 9.50. The van der Waals surface area contributed by atoms with E-state index in [1.165, 1.54) is 0 Å². The number of hydrogen-bond donors (Lipinski definition) is 1. The Morgan fingerprint density at radius 3 is 3.00 bits per heavy atom. The predicted molar refractivity (Wildman–Crippen MR) is 74.1 cm³/mol. The first-order chi connectivity index (χ1) is 9.13. The van der Waals surface area contributed by atoms with Crippen LogP contribution in [-0.4, -0.2) is 15.7 Å². The van der Waals surface area contributed by atoms with Crippen molar-refractivity contribution in [3.63, 3.8) is 0 Å². The van der Waals surface area contributed by atoms with Crippen molar-refractivity contribution < 1.29 is 4.79 Å². The van der Waals surface area contributed by atoms with Crippen LogP contribution in [0.25, 0.3) is 0 Å². The van der Waals surface area contributed by atoms with Crippen molar-refractivity contribution in [3.05, 3.63) is 47.1 Å². The molecule has 0 spiro atoms. The molecule has 19 heavy (non-hydrogen) atoms. The Kier molecular flexibility index (Phi) is 3.03. The highest BCUT2D eigenvalue weighted by Crippen LogP contribution is 2.48. The van der Waals surface area contributed by atoms with Crippen LogP contribution < -0.4 is 5.32 Å². The Labute approximate surface area is 116 Å². The molecule has 5 heteroatoms. The van der Waals surface area contributed by atoms with Crippen molar-refractivity contribution in [2.75, 3.05) is 5.32 Å². The summed E-state index contributed by atoms with van der Waals surface area (Å²) in [6.07, 6.45) is 2.68. The van der Waals surface area contributed by atoms with Gasteiger partial charge in [-0.1, -0.05) is 23.7 Å². The number of rotatable bonds is 3. The molecule has 1 saturated carbocycles. The molecule has 0 bridgehead atoms. The first-order valence-electron chi connectivity index (χ1n) is 6.19. The number of aromatic nitrogens is 2. The van der Waals surface area contributed by atoms with Gasteiger partial charge in [0.2, 0.25) is 5.91 Å². The van der Waals surface area contributed by atoms with Crippen LogP contribution in [0, 0.1) is 5.92 Å². The van der Waals surface area contributed by atoms with Crippen LogP contribution in [0.1, 0.15) is 17.9 Å². The fourth-order valence-corrected chi connectivity index (χ4v) is 2.49. The molecule has 1 aromatic heterocycles. The molecule has 0 unspecified atom stereocenters. The van der Waals surface area contributed by atoms with Crippen LogP contribution in [0.2, 0.25) is 5.02 Å². The van der Waals surface area contributed by atoms with Crippen molar-refractivity contribution in [1.82, 2.24) is 9.78 Å². The summed E-state index contributed by atoms with van der Waals surface area (Å²) >= 11 is 5.96. The van der Waals surface area contributed by atoms with Gasteiger partial charge in [-0.2, -0.15) is 5.10 Å². The molecule has 1 N–H and O–H groups in total. The quantitative estimate of drug-likeness (QED) is 0.936. The minimum absolute atomic E-state index is 0.0282. The van der Waals surface area contributed by atoms with E-state index in [9.17, 15) is 4.79 Å². The van der Waals surface area contributed by atoms with Crippen molar-refractivity contribution in [2.24, 2.45) is 13.0 Å². The van der Waals surface area contributed by atoms with Gasteiger partial charge < -0.3 is 5.32 Å². The first-order valence-corrected chi connectivity index (χ1v) is 6.57. The van der Waals surface area contributed by atoms with Gasteiger partial charge in [-0.3, -0.25) is 9.48 Å². The van der Waals surface area contributed by atoms with E-state index in [2.05, 4.69) is 10.4 Å². The molecule has 2 atom stereocenters. The molecule has 1 aliphatic carbocycles. The molecule has 0 aliphatic heterocycles. The molecule has 0 radical (unpaired) electrons. The highest BCUT2D eigenvalue weighted by Gasteiger charge is 2.44. The van der Waals surface area contributed by atoms with E-state index in [1.54, 1.807) is 16.9 Å². The van der Waals surface area contributed by atoms with E-state index in [4.69, 9.17) is 11.6 Å². The lowest BCUT2D eigenvalue weighted by Crippen LogP contribution is -2.15. The number of halogens is 1. The van der Waals surface area contributed by atoms with Gasteiger partial charge in [0.25, 0.3) is 0 Å². The molecule has 98 valence electrons. The van der Waals surface area contributed by atoms with Crippen molar-refractivity contribution in [1.29, 1.82) is 0 Å². The van der Waals surface area contributed by atoms with Crippen LogP contribution in [0.15, 0.2) is 36.5 Å². The maximum Gasteiger partial charge on any atom is 0.229 e. The number of aryl methyl sites for hydroxylation is 1. The van der Waals surface area contributed by atoms with Gasteiger partial charge in [-0.25, -0.2) is 0 Å². The molecule has 0 saturated heterocycles. The van der Waals surface area contributed by atoms with Gasteiger partial charge >= 0.3 is 0 Å². The highest BCUT2D eigenvalue weighted by atomic mass is 35.5. The summed E-state index contributed by atoms with van der Waals surface area (Å²) < 4.78 is 1.66. The van der Waals surface area contributed by atoms with Crippen molar-refractivity contribution in [2.45, 2.75) is 12.3 Å². The van der Waals surface area contributed by atoms with E-state index in [1.807, 2.05) is 31.3 Å². The molecule has 1 aliphatic rings. The molecular weight excluding hydrogens is 262 g/mol. The summed E-state index contributed by atoms with van der Waals surface area (Å²) in [5.74, 6) is 0.941. The zero-order chi connectivity index (χ0) is 13.4. The van der Waals surface area contributed by atoms with E-state index in [0.29, 0.717) is 10.8 Å². The molecule has 1 aromatic carbocycles. The zero-order valence-corrected chi connectivity index (χ0v) is 11.3. The van der Waals surface area contributed by atoms with Gasteiger partial charge in [0.15, 0.2) is 5.82 Å². The summed E-state index contributed by atoms with van der Waals surface area (Å²) in [7, 11) is 1.82. The smallest absolute Gasteiger partial charge is 0.229 e. The topological polar surface area (TPSA) is 46.9 Å². The van der Waals surface area contributed by atoms with Gasteiger partial charge in [0.1, 0.15) is 0 Å². The number of carbonyl (C=O) groups is 1. The number of benzene rings is 1. The van der Waals surface area contributed by atoms with Gasteiger partial charge in [0.05, 0.1) is 0 Å². The number of nitrogens with zero attached hydrogens (tertiary/aromatic N) is 2. The third-order valence-electron chi connectivity index (χ3n) is 3.37. The van der Waals surface area contributed by atoms with Gasteiger partial charge in [-0.05, 0) is 30.0 Å². The fraction of sp³-hybridized carbons (Fsp3) is 0.286. The van der Waals surface area contributed by atoms with Crippen LogP contribution in [0.5, 0.6) is 0 Å².